The first-order chi connectivity index (χ1) is 9.10. The van der Waals surface area contributed by atoms with Gasteiger partial charge in [-0.2, -0.15) is 5.26 Å². The smallest absolute Gasteiger partial charge is 0.255 e. The molecule has 0 aliphatic rings. The van der Waals surface area contributed by atoms with Crippen molar-refractivity contribution in [2.75, 3.05) is 26.8 Å². The molecule has 0 aromatic heterocycles. The monoisotopic (exact) mass is 344 g/mol. The van der Waals surface area contributed by atoms with Crippen LogP contribution in [0.1, 0.15) is 16.8 Å². The van der Waals surface area contributed by atoms with Gasteiger partial charge in [0, 0.05) is 29.7 Å². The molecule has 0 aliphatic heterocycles. The molecule has 0 N–H and O–H groups in total. The highest BCUT2D eigenvalue weighted by atomic mass is 79.9. The molecule has 0 spiro atoms. The average molecular weight is 346 g/mol. The van der Waals surface area contributed by atoms with Gasteiger partial charge in [-0.05, 0) is 34.1 Å². The second-order valence-electron chi connectivity index (χ2n) is 3.82. The Morgan fingerprint density at radius 2 is 2.26 bits per heavy atom. The quantitative estimate of drug-likeness (QED) is 0.796. The van der Waals surface area contributed by atoms with Crippen molar-refractivity contribution >= 4 is 33.4 Å². The standard InChI is InChI=1S/C13H14BrClN2O2/c1-19-8-7-17(6-2-5-16)13(18)11-4-3-10(15)9-12(11)14/h3-4,9H,2,6-8H2,1H3. The molecule has 0 aliphatic carbocycles. The number of rotatable bonds is 6. The maximum absolute atomic E-state index is 12.4. The molecule has 19 heavy (non-hydrogen) atoms. The molecular formula is C13H14BrClN2O2. The average Bonchev–Trinajstić information content (AvgIpc) is 2.38. The van der Waals surface area contributed by atoms with Crippen molar-refractivity contribution in [2.45, 2.75) is 6.42 Å². The molecule has 1 rings (SSSR count). The Bertz CT molecular complexity index is 488. The molecule has 4 nitrogen and oxygen atoms in total. The van der Waals surface area contributed by atoms with E-state index in [1.807, 2.05) is 6.07 Å². The number of carbonyl (C=O) groups is 1. The first kappa shape index (κ1) is 16.0. The van der Waals surface area contributed by atoms with Gasteiger partial charge in [-0.25, -0.2) is 0 Å². The van der Waals surface area contributed by atoms with Gasteiger partial charge in [0.1, 0.15) is 0 Å². The minimum absolute atomic E-state index is 0.143. The molecule has 0 saturated carbocycles. The van der Waals surface area contributed by atoms with Crippen LogP contribution in [-0.2, 0) is 4.74 Å². The van der Waals surface area contributed by atoms with Crippen molar-refractivity contribution in [1.82, 2.24) is 4.90 Å². The third-order valence-corrected chi connectivity index (χ3v) is 3.40. The molecule has 0 heterocycles. The van der Waals surface area contributed by atoms with Crippen molar-refractivity contribution in [3.8, 4) is 6.07 Å². The Balaban J connectivity index is 2.88. The van der Waals surface area contributed by atoms with Gasteiger partial charge in [0.05, 0.1) is 24.7 Å². The van der Waals surface area contributed by atoms with Crippen molar-refractivity contribution < 1.29 is 9.53 Å². The van der Waals surface area contributed by atoms with Crippen LogP contribution in [0.4, 0.5) is 0 Å². The predicted octanol–water partition coefficient (Wildman–Crippen LogP) is 3.10. The van der Waals surface area contributed by atoms with E-state index in [-0.39, 0.29) is 5.91 Å². The third kappa shape index (κ3) is 4.83. The number of amides is 1. The summed E-state index contributed by atoms with van der Waals surface area (Å²) in [7, 11) is 1.57. The maximum atomic E-state index is 12.4. The third-order valence-electron chi connectivity index (χ3n) is 2.51. The zero-order valence-corrected chi connectivity index (χ0v) is 12.9. The highest BCUT2D eigenvalue weighted by molar-refractivity contribution is 9.10. The summed E-state index contributed by atoms with van der Waals surface area (Å²) >= 11 is 9.17. The lowest BCUT2D eigenvalue weighted by atomic mass is 10.2. The molecule has 1 amide bonds. The molecule has 0 bridgehead atoms. The summed E-state index contributed by atoms with van der Waals surface area (Å²) < 4.78 is 5.62. The summed E-state index contributed by atoms with van der Waals surface area (Å²) in [5.74, 6) is -0.143. The number of halogens is 2. The summed E-state index contributed by atoms with van der Waals surface area (Å²) in [4.78, 5) is 14.0. The van der Waals surface area contributed by atoms with E-state index in [1.54, 1.807) is 30.2 Å². The van der Waals surface area contributed by atoms with Crippen LogP contribution in [0, 0.1) is 11.3 Å². The predicted molar refractivity (Wildman–Crippen MR) is 77.2 cm³/mol. The van der Waals surface area contributed by atoms with Crippen molar-refractivity contribution in [2.24, 2.45) is 0 Å². The first-order valence-electron chi connectivity index (χ1n) is 5.70. The second kappa shape index (κ2) is 8.16. The summed E-state index contributed by atoms with van der Waals surface area (Å²) in [5.41, 5.74) is 0.526. The molecule has 0 fully saturated rings. The zero-order chi connectivity index (χ0) is 14.3. The van der Waals surface area contributed by atoms with Gasteiger partial charge in [-0.1, -0.05) is 11.6 Å². The van der Waals surface area contributed by atoms with E-state index < -0.39 is 0 Å². The van der Waals surface area contributed by atoms with Crippen molar-refractivity contribution in [3.05, 3.63) is 33.3 Å². The highest BCUT2D eigenvalue weighted by Gasteiger charge is 2.17. The van der Waals surface area contributed by atoms with Gasteiger partial charge in [0.25, 0.3) is 5.91 Å². The van der Waals surface area contributed by atoms with Crippen LogP contribution in [-0.4, -0.2) is 37.6 Å². The topological polar surface area (TPSA) is 53.3 Å². The molecule has 102 valence electrons. The van der Waals surface area contributed by atoms with E-state index in [2.05, 4.69) is 15.9 Å². The largest absolute Gasteiger partial charge is 0.383 e. The van der Waals surface area contributed by atoms with E-state index in [0.717, 1.165) is 0 Å². The van der Waals surface area contributed by atoms with Gasteiger partial charge >= 0.3 is 0 Å². The van der Waals surface area contributed by atoms with E-state index in [1.165, 1.54) is 0 Å². The molecule has 0 saturated heterocycles. The number of hydrogen-bond acceptors (Lipinski definition) is 3. The molecule has 0 atom stereocenters. The van der Waals surface area contributed by atoms with E-state index >= 15 is 0 Å². The lowest BCUT2D eigenvalue weighted by Crippen LogP contribution is -2.34. The maximum Gasteiger partial charge on any atom is 0.255 e. The molecule has 6 heteroatoms. The van der Waals surface area contributed by atoms with Gasteiger partial charge < -0.3 is 9.64 Å². The van der Waals surface area contributed by atoms with Crippen LogP contribution >= 0.6 is 27.5 Å². The number of benzene rings is 1. The number of methoxy groups -OCH3 is 1. The highest BCUT2D eigenvalue weighted by Crippen LogP contribution is 2.22. The minimum Gasteiger partial charge on any atom is -0.383 e. The normalized spacial score (nSPS) is 10.0. The second-order valence-corrected chi connectivity index (χ2v) is 5.11. The Morgan fingerprint density at radius 3 is 2.84 bits per heavy atom. The minimum atomic E-state index is -0.143. The first-order valence-corrected chi connectivity index (χ1v) is 6.87. The Morgan fingerprint density at radius 1 is 1.53 bits per heavy atom. The number of nitriles is 1. The lowest BCUT2D eigenvalue weighted by molar-refractivity contribution is 0.0699. The summed E-state index contributed by atoms with van der Waals surface area (Å²) in [6, 6.07) is 7.04. The number of ether oxygens (including phenoxy) is 1. The zero-order valence-electron chi connectivity index (χ0n) is 10.5. The van der Waals surface area contributed by atoms with Crippen LogP contribution in [0.2, 0.25) is 5.02 Å². The van der Waals surface area contributed by atoms with Gasteiger partial charge in [-0.3, -0.25) is 4.79 Å². The summed E-state index contributed by atoms with van der Waals surface area (Å²) in [5, 5.41) is 9.20. The molecule has 1 aromatic carbocycles. The fourth-order valence-electron chi connectivity index (χ4n) is 1.53. The molecule has 1 aromatic rings. The Labute approximate surface area is 126 Å². The molecule has 0 unspecified atom stereocenters. The lowest BCUT2D eigenvalue weighted by Gasteiger charge is -2.21. The SMILES string of the molecule is COCCN(CCC#N)C(=O)c1ccc(Cl)cc1Br. The molecule has 0 radical (unpaired) electrons. The Kier molecular flexibility index (Phi) is 6.85. The van der Waals surface area contributed by atoms with Crippen LogP contribution < -0.4 is 0 Å². The van der Waals surface area contributed by atoms with E-state index in [9.17, 15) is 4.79 Å². The molecular weight excluding hydrogens is 332 g/mol. The van der Waals surface area contributed by atoms with E-state index in [4.69, 9.17) is 21.6 Å². The number of hydrogen-bond donors (Lipinski definition) is 0. The van der Waals surface area contributed by atoms with Crippen LogP contribution in [0.15, 0.2) is 22.7 Å². The van der Waals surface area contributed by atoms with E-state index in [0.29, 0.717) is 41.2 Å². The van der Waals surface area contributed by atoms with Gasteiger partial charge in [-0.15, -0.1) is 0 Å². The van der Waals surface area contributed by atoms with Crippen molar-refractivity contribution in [1.29, 1.82) is 5.26 Å². The summed E-state index contributed by atoms with van der Waals surface area (Å²) in [6.45, 7) is 1.27. The number of nitrogens with zero attached hydrogens (tertiary/aromatic N) is 2. The fourth-order valence-corrected chi connectivity index (χ4v) is 2.39. The Hall–Kier alpha value is -1.09. The van der Waals surface area contributed by atoms with Gasteiger partial charge in [0.2, 0.25) is 0 Å². The van der Waals surface area contributed by atoms with Crippen molar-refractivity contribution in [3.63, 3.8) is 0 Å². The number of carbonyl (C=O) groups excluding carboxylic acids is 1. The fraction of sp³-hybridized carbons (Fsp3) is 0.385. The van der Waals surface area contributed by atoms with Crippen LogP contribution in [0.5, 0.6) is 0 Å². The van der Waals surface area contributed by atoms with Gasteiger partial charge in [0.15, 0.2) is 0 Å². The summed E-state index contributed by atoms with van der Waals surface area (Å²) in [6.07, 6.45) is 0.292. The van der Waals surface area contributed by atoms with Crippen LogP contribution in [0.25, 0.3) is 0 Å². The van der Waals surface area contributed by atoms with Crippen LogP contribution in [0.3, 0.4) is 0 Å².